The van der Waals surface area contributed by atoms with Crippen LogP contribution in [0.5, 0.6) is 0 Å². The summed E-state index contributed by atoms with van der Waals surface area (Å²) >= 11 is 5.80. The zero-order chi connectivity index (χ0) is 14.0. The van der Waals surface area contributed by atoms with Gasteiger partial charge in [-0.15, -0.1) is 0 Å². The highest BCUT2D eigenvalue weighted by atomic mass is 35.5. The quantitative estimate of drug-likeness (QED) is 0.819. The first kappa shape index (κ1) is 13.4. The Morgan fingerprint density at radius 1 is 1.11 bits per heavy atom. The van der Waals surface area contributed by atoms with Crippen LogP contribution in [0.15, 0.2) is 36.4 Å². The van der Waals surface area contributed by atoms with E-state index in [1.807, 2.05) is 19.9 Å². The fraction of sp³-hybridized carbons (Fsp3) is 0.133. The Bertz CT molecular complexity index is 621. The third-order valence-electron chi connectivity index (χ3n) is 3.11. The van der Waals surface area contributed by atoms with Crippen molar-refractivity contribution < 1.29 is 4.79 Å². The first-order chi connectivity index (χ1) is 8.99. The molecule has 0 radical (unpaired) electrons. The number of halogens is 1. The number of rotatable bonds is 2. The molecule has 1 amide bonds. The Morgan fingerprint density at radius 3 is 2.37 bits per heavy atom. The van der Waals surface area contributed by atoms with Crippen molar-refractivity contribution >= 4 is 28.9 Å². The van der Waals surface area contributed by atoms with E-state index in [0.29, 0.717) is 22.0 Å². The van der Waals surface area contributed by atoms with E-state index in [2.05, 4.69) is 5.32 Å². The minimum absolute atomic E-state index is 0.197. The molecular formula is C15H15ClN2O. The summed E-state index contributed by atoms with van der Waals surface area (Å²) in [5.41, 5.74) is 9.74. The largest absolute Gasteiger partial charge is 0.397 e. The maximum Gasteiger partial charge on any atom is 0.255 e. The third-order valence-corrected chi connectivity index (χ3v) is 3.36. The molecule has 0 bridgehead atoms. The molecule has 0 unspecified atom stereocenters. The van der Waals surface area contributed by atoms with Gasteiger partial charge in [-0.25, -0.2) is 0 Å². The Morgan fingerprint density at radius 2 is 1.74 bits per heavy atom. The molecule has 2 aromatic rings. The molecule has 0 heterocycles. The van der Waals surface area contributed by atoms with Gasteiger partial charge in [0, 0.05) is 10.6 Å². The predicted molar refractivity (Wildman–Crippen MR) is 79.7 cm³/mol. The van der Waals surface area contributed by atoms with Crippen molar-refractivity contribution in [3.8, 4) is 0 Å². The SMILES string of the molecule is Cc1ccc(N)c(NC(=O)c2ccc(Cl)cc2)c1C. The number of benzene rings is 2. The summed E-state index contributed by atoms with van der Waals surface area (Å²) in [5.74, 6) is -0.197. The maximum absolute atomic E-state index is 12.1. The topological polar surface area (TPSA) is 55.1 Å². The van der Waals surface area contributed by atoms with Gasteiger partial charge in [0.15, 0.2) is 0 Å². The van der Waals surface area contributed by atoms with Crippen LogP contribution in [0, 0.1) is 13.8 Å². The zero-order valence-corrected chi connectivity index (χ0v) is 11.6. The van der Waals surface area contributed by atoms with E-state index in [1.54, 1.807) is 30.3 Å². The van der Waals surface area contributed by atoms with Crippen LogP contribution < -0.4 is 11.1 Å². The van der Waals surface area contributed by atoms with E-state index in [0.717, 1.165) is 11.1 Å². The second-order valence-corrected chi connectivity index (χ2v) is 4.87. The third kappa shape index (κ3) is 2.88. The second-order valence-electron chi connectivity index (χ2n) is 4.43. The fourth-order valence-electron chi connectivity index (χ4n) is 1.79. The summed E-state index contributed by atoms with van der Waals surface area (Å²) in [6.45, 7) is 3.91. The molecule has 0 fully saturated rings. The van der Waals surface area contributed by atoms with Crippen LogP contribution >= 0.6 is 11.6 Å². The Balaban J connectivity index is 2.29. The van der Waals surface area contributed by atoms with Crippen LogP contribution in [0.3, 0.4) is 0 Å². The number of hydrogen-bond donors (Lipinski definition) is 2. The predicted octanol–water partition coefficient (Wildman–Crippen LogP) is 3.79. The Kier molecular flexibility index (Phi) is 3.76. The lowest BCUT2D eigenvalue weighted by Gasteiger charge is -2.13. The lowest BCUT2D eigenvalue weighted by atomic mass is 10.1. The summed E-state index contributed by atoms with van der Waals surface area (Å²) in [6, 6.07) is 10.5. The summed E-state index contributed by atoms with van der Waals surface area (Å²) in [5, 5.41) is 3.45. The van der Waals surface area contributed by atoms with Crippen LogP contribution in [0.4, 0.5) is 11.4 Å². The minimum atomic E-state index is -0.197. The number of hydrogen-bond acceptors (Lipinski definition) is 2. The first-order valence-electron chi connectivity index (χ1n) is 5.91. The van der Waals surface area contributed by atoms with Crippen molar-refractivity contribution in [2.24, 2.45) is 0 Å². The number of carbonyl (C=O) groups excluding carboxylic acids is 1. The highest BCUT2D eigenvalue weighted by molar-refractivity contribution is 6.30. The fourth-order valence-corrected chi connectivity index (χ4v) is 1.92. The van der Waals surface area contributed by atoms with Gasteiger partial charge in [0.1, 0.15) is 0 Å². The van der Waals surface area contributed by atoms with Crippen LogP contribution in [0.2, 0.25) is 5.02 Å². The zero-order valence-electron chi connectivity index (χ0n) is 10.8. The number of nitrogen functional groups attached to an aromatic ring is 1. The van der Waals surface area contributed by atoms with Crippen LogP contribution in [-0.2, 0) is 0 Å². The van der Waals surface area contributed by atoms with Gasteiger partial charge in [0.25, 0.3) is 5.91 Å². The molecular weight excluding hydrogens is 260 g/mol. The molecule has 0 atom stereocenters. The van der Waals surface area contributed by atoms with E-state index < -0.39 is 0 Å². The van der Waals surface area contributed by atoms with E-state index in [-0.39, 0.29) is 5.91 Å². The molecule has 0 aliphatic rings. The van der Waals surface area contributed by atoms with Crippen molar-refractivity contribution in [2.45, 2.75) is 13.8 Å². The molecule has 3 N–H and O–H groups in total. The molecule has 2 aromatic carbocycles. The smallest absolute Gasteiger partial charge is 0.255 e. The molecule has 0 saturated heterocycles. The molecule has 0 aliphatic carbocycles. The van der Waals surface area contributed by atoms with Gasteiger partial charge in [-0.2, -0.15) is 0 Å². The number of nitrogens with one attached hydrogen (secondary N) is 1. The van der Waals surface area contributed by atoms with Crippen molar-refractivity contribution in [2.75, 3.05) is 11.1 Å². The lowest BCUT2D eigenvalue weighted by Crippen LogP contribution is -2.14. The normalized spacial score (nSPS) is 10.3. The van der Waals surface area contributed by atoms with Crippen LogP contribution in [0.1, 0.15) is 21.5 Å². The van der Waals surface area contributed by atoms with Crippen molar-refractivity contribution in [3.63, 3.8) is 0 Å². The van der Waals surface area contributed by atoms with E-state index >= 15 is 0 Å². The Hall–Kier alpha value is -2.00. The highest BCUT2D eigenvalue weighted by Gasteiger charge is 2.11. The molecule has 4 heteroatoms. The highest BCUT2D eigenvalue weighted by Crippen LogP contribution is 2.26. The molecule has 0 saturated carbocycles. The minimum Gasteiger partial charge on any atom is -0.397 e. The van der Waals surface area contributed by atoms with Gasteiger partial charge in [-0.3, -0.25) is 4.79 Å². The van der Waals surface area contributed by atoms with Crippen molar-refractivity contribution in [1.29, 1.82) is 0 Å². The van der Waals surface area contributed by atoms with E-state index in [1.165, 1.54) is 0 Å². The van der Waals surface area contributed by atoms with Gasteiger partial charge < -0.3 is 11.1 Å². The molecule has 0 spiro atoms. The van der Waals surface area contributed by atoms with Crippen LogP contribution in [-0.4, -0.2) is 5.91 Å². The molecule has 19 heavy (non-hydrogen) atoms. The van der Waals surface area contributed by atoms with Gasteiger partial charge in [-0.05, 0) is 55.3 Å². The average Bonchev–Trinajstić information content (AvgIpc) is 2.40. The standard InChI is InChI=1S/C15H15ClN2O/c1-9-3-8-13(17)14(10(9)2)18-15(19)11-4-6-12(16)7-5-11/h3-8H,17H2,1-2H3,(H,18,19). The van der Waals surface area contributed by atoms with E-state index in [9.17, 15) is 4.79 Å². The summed E-state index contributed by atoms with van der Waals surface area (Å²) in [6.07, 6.45) is 0. The Labute approximate surface area is 117 Å². The molecule has 98 valence electrons. The lowest BCUT2D eigenvalue weighted by molar-refractivity contribution is 0.102. The van der Waals surface area contributed by atoms with Gasteiger partial charge in [0.05, 0.1) is 11.4 Å². The van der Waals surface area contributed by atoms with Gasteiger partial charge >= 0.3 is 0 Å². The van der Waals surface area contributed by atoms with Gasteiger partial charge in [-0.1, -0.05) is 17.7 Å². The number of aryl methyl sites for hydroxylation is 1. The first-order valence-corrected chi connectivity index (χ1v) is 6.29. The molecule has 0 aliphatic heterocycles. The van der Waals surface area contributed by atoms with Crippen LogP contribution in [0.25, 0.3) is 0 Å². The molecule has 0 aromatic heterocycles. The second kappa shape index (κ2) is 5.33. The average molecular weight is 275 g/mol. The number of carbonyl (C=O) groups is 1. The van der Waals surface area contributed by atoms with Gasteiger partial charge in [0.2, 0.25) is 0 Å². The van der Waals surface area contributed by atoms with Crippen molar-refractivity contribution in [3.05, 3.63) is 58.1 Å². The summed E-state index contributed by atoms with van der Waals surface area (Å²) < 4.78 is 0. The molecule has 2 rings (SSSR count). The van der Waals surface area contributed by atoms with Crippen molar-refractivity contribution in [1.82, 2.24) is 0 Å². The summed E-state index contributed by atoms with van der Waals surface area (Å²) in [4.78, 5) is 12.1. The molecule has 3 nitrogen and oxygen atoms in total. The summed E-state index contributed by atoms with van der Waals surface area (Å²) in [7, 11) is 0. The monoisotopic (exact) mass is 274 g/mol. The number of nitrogens with two attached hydrogens (primary N) is 1. The van der Waals surface area contributed by atoms with E-state index in [4.69, 9.17) is 17.3 Å². The maximum atomic E-state index is 12.1. The number of anilines is 2. The number of amides is 1.